The molecule has 6 aromatic carbocycles. The number of rotatable bonds is 12. The third kappa shape index (κ3) is 10.3. The molecule has 0 spiro atoms. The number of hydrogen-bond donors (Lipinski definition) is 6. The normalized spacial score (nSPS) is 13.1. The summed E-state index contributed by atoms with van der Waals surface area (Å²) in [6, 6.07) is 15.4. The number of phenols is 1. The summed E-state index contributed by atoms with van der Waals surface area (Å²) >= 11 is 0. The predicted molar refractivity (Wildman–Crippen MR) is 221 cm³/mol. The molecule has 6 rings (SSSR count). The van der Waals surface area contributed by atoms with E-state index in [2.05, 4.69) is 40.9 Å². The lowest BCUT2D eigenvalue weighted by Crippen LogP contribution is -2.04. The number of aromatic hydroxyl groups is 1. The number of halogens is 2. The van der Waals surface area contributed by atoms with Gasteiger partial charge < -0.3 is 10.8 Å². The van der Waals surface area contributed by atoms with Gasteiger partial charge in [0.2, 0.25) is 0 Å². The van der Waals surface area contributed by atoms with E-state index in [-0.39, 0.29) is 11.4 Å². The number of anilines is 1. The molecule has 0 unspecified atom stereocenters. The van der Waals surface area contributed by atoms with Gasteiger partial charge in [-0.3, -0.25) is 18.2 Å². The van der Waals surface area contributed by atoms with Crippen LogP contribution in [0.25, 0.3) is 10.8 Å². The number of aryl methyl sites for hydroxylation is 2. The van der Waals surface area contributed by atoms with Gasteiger partial charge in [-0.15, -0.1) is 30.7 Å². The summed E-state index contributed by atoms with van der Waals surface area (Å²) in [6.45, 7) is 3.56. The highest BCUT2D eigenvalue weighted by atomic mass is 32.2. The molecule has 28 heteroatoms. The smallest absolute Gasteiger partial charge is 0.296 e. The number of nitrogens with zero attached hydrogens (tertiary/aromatic N) is 8. The van der Waals surface area contributed by atoms with Crippen LogP contribution in [0.5, 0.6) is 5.75 Å². The molecule has 0 saturated heterocycles. The fourth-order valence-corrected chi connectivity index (χ4v) is 8.12. The average Bonchev–Trinajstić information content (AvgIpc) is 3.18. The molecule has 22 nitrogen and oxygen atoms in total. The molecule has 6 aromatic rings. The van der Waals surface area contributed by atoms with E-state index < -0.39 is 128 Å². The molecule has 0 aliphatic heterocycles. The minimum atomic E-state index is -5.52. The number of hydrogen-bond acceptors (Lipinski definition) is 18. The van der Waals surface area contributed by atoms with E-state index in [1.807, 2.05) is 0 Å². The maximum atomic E-state index is 15.2. The van der Waals surface area contributed by atoms with Crippen LogP contribution in [0.3, 0.4) is 0 Å². The van der Waals surface area contributed by atoms with E-state index >= 15 is 8.78 Å². The standard InChI is InChI=1S/C36H27F2N9O13S4/c1-17-3-7-20(8-4-17)40-42-24-15-28(61(49,50)51)26(13-22(24)37)44-46-34-30(63(55,56)57)11-19-12-31(64(58,59)60)35(36(48)32(19)33(34)39)47-45-27-14-23(38)25(16-29(27)62(52,53)54)43-41-21-9-5-18(2)6-10-21/h3-16,48H,39H2,1-2H3,(H,49,50,51)(H,52,53,54)(H,55,56,57)(H,58,59,60). The number of fused-ring (bicyclic) bond motifs is 1. The average molecular weight is 960 g/mol. The molecule has 7 N–H and O–H groups in total. The highest BCUT2D eigenvalue weighted by molar-refractivity contribution is 7.86. The summed E-state index contributed by atoms with van der Waals surface area (Å²) in [7, 11) is -21.6. The van der Waals surface area contributed by atoms with Gasteiger partial charge in [0.05, 0.1) is 22.4 Å². The summed E-state index contributed by atoms with van der Waals surface area (Å²) in [6.07, 6.45) is 0. The van der Waals surface area contributed by atoms with Crippen molar-refractivity contribution in [3.8, 4) is 5.75 Å². The Morgan fingerprint density at radius 2 is 0.797 bits per heavy atom. The predicted octanol–water partition coefficient (Wildman–Crippen LogP) is 9.67. The monoisotopic (exact) mass is 959 g/mol. The van der Waals surface area contributed by atoms with E-state index in [9.17, 15) is 57.0 Å². The summed E-state index contributed by atoms with van der Waals surface area (Å²) in [5.74, 6) is -3.97. The van der Waals surface area contributed by atoms with Gasteiger partial charge in [0.25, 0.3) is 40.5 Å². The Bertz CT molecular complexity index is 3270. The van der Waals surface area contributed by atoms with Gasteiger partial charge in [0.15, 0.2) is 17.4 Å². The third-order valence-corrected chi connectivity index (χ3v) is 12.1. The molecule has 0 fully saturated rings. The van der Waals surface area contributed by atoms with Crippen LogP contribution in [-0.4, -0.2) is 57.0 Å². The second-order valence-corrected chi connectivity index (χ2v) is 18.8. The highest BCUT2D eigenvalue weighted by Crippen LogP contribution is 2.49. The number of nitrogens with two attached hydrogens (primary N) is 1. The minimum Gasteiger partial charge on any atom is -0.505 e. The quantitative estimate of drug-likeness (QED) is 0.0378. The zero-order valence-electron chi connectivity index (χ0n) is 32.1. The van der Waals surface area contributed by atoms with Crippen molar-refractivity contribution < 1.29 is 65.8 Å². The van der Waals surface area contributed by atoms with Crippen molar-refractivity contribution in [1.29, 1.82) is 0 Å². The fourth-order valence-electron chi connectivity index (χ4n) is 5.55. The highest BCUT2D eigenvalue weighted by Gasteiger charge is 2.29. The molecule has 0 amide bonds. The molecule has 0 heterocycles. The number of azo groups is 4. The topological polar surface area (TPSA) is 363 Å². The van der Waals surface area contributed by atoms with Gasteiger partial charge >= 0.3 is 0 Å². The fraction of sp³-hybridized carbons (Fsp3) is 0.0556. The Morgan fingerprint density at radius 1 is 0.453 bits per heavy atom. The SMILES string of the molecule is Cc1ccc(N=Nc2cc(S(=O)(=O)O)c(N=Nc3c(S(=O)(=O)O)cc4cc(S(=O)(=O)O)c(N=Nc5cc(F)c(N=Nc6ccc(C)cc6)cc5S(=O)(=O)O)c(O)c4c3N)cc2F)cc1. The second-order valence-electron chi connectivity index (χ2n) is 13.2. The Kier molecular flexibility index (Phi) is 12.6. The third-order valence-electron chi connectivity index (χ3n) is 8.61. The van der Waals surface area contributed by atoms with Crippen molar-refractivity contribution in [1.82, 2.24) is 0 Å². The van der Waals surface area contributed by atoms with Crippen molar-refractivity contribution in [2.24, 2.45) is 40.9 Å². The zero-order valence-corrected chi connectivity index (χ0v) is 35.4. The number of benzene rings is 6. The lowest BCUT2D eigenvalue weighted by molar-refractivity contribution is 0.472. The Morgan fingerprint density at radius 3 is 1.17 bits per heavy atom. The largest absolute Gasteiger partial charge is 0.505 e. The van der Waals surface area contributed by atoms with Crippen molar-refractivity contribution in [2.75, 3.05) is 5.73 Å². The van der Waals surface area contributed by atoms with Crippen LogP contribution >= 0.6 is 0 Å². The molecule has 0 atom stereocenters. The first-order chi connectivity index (χ1) is 29.7. The molecule has 64 heavy (non-hydrogen) atoms. The lowest BCUT2D eigenvalue weighted by atomic mass is 10.1. The van der Waals surface area contributed by atoms with Crippen LogP contribution in [0, 0.1) is 25.5 Å². The number of nitrogen functional groups attached to an aromatic ring is 1. The van der Waals surface area contributed by atoms with Gasteiger partial charge in [-0.2, -0.15) is 43.9 Å². The summed E-state index contributed by atoms with van der Waals surface area (Å²) in [5.41, 5.74) is 1.47. The summed E-state index contributed by atoms with van der Waals surface area (Å²) < 4.78 is 170. The maximum Gasteiger partial charge on any atom is 0.296 e. The zero-order chi connectivity index (χ0) is 47.1. The maximum absolute atomic E-state index is 15.2. The first-order valence-electron chi connectivity index (χ1n) is 17.2. The van der Waals surface area contributed by atoms with E-state index in [4.69, 9.17) is 5.73 Å². The minimum absolute atomic E-state index is 0.225. The van der Waals surface area contributed by atoms with Crippen LogP contribution in [0.1, 0.15) is 11.1 Å². The Balaban J connectivity index is 1.51. The van der Waals surface area contributed by atoms with E-state index in [1.54, 1.807) is 38.1 Å². The molecular weight excluding hydrogens is 933 g/mol. The van der Waals surface area contributed by atoms with Crippen molar-refractivity contribution >= 4 is 102 Å². The van der Waals surface area contributed by atoms with Crippen LogP contribution < -0.4 is 5.73 Å². The van der Waals surface area contributed by atoms with Crippen LogP contribution in [0.2, 0.25) is 0 Å². The van der Waals surface area contributed by atoms with Crippen molar-refractivity contribution in [2.45, 2.75) is 33.4 Å². The molecule has 0 radical (unpaired) electrons. The molecule has 0 aliphatic rings. The first-order valence-corrected chi connectivity index (χ1v) is 23.0. The Labute approximate surface area is 360 Å². The summed E-state index contributed by atoms with van der Waals surface area (Å²) in [4.78, 5) is -4.95. The number of phenolic OH excluding ortho intramolecular Hbond substituents is 1. The first kappa shape index (κ1) is 46.6. The van der Waals surface area contributed by atoms with Crippen molar-refractivity contribution in [3.63, 3.8) is 0 Å². The molecule has 0 aliphatic carbocycles. The van der Waals surface area contributed by atoms with Crippen LogP contribution in [-0.2, 0) is 40.5 Å². The van der Waals surface area contributed by atoms with Gasteiger partial charge in [0, 0.05) is 12.1 Å². The van der Waals surface area contributed by atoms with E-state index in [0.29, 0.717) is 36.4 Å². The lowest BCUT2D eigenvalue weighted by Gasteiger charge is -2.14. The summed E-state index contributed by atoms with van der Waals surface area (Å²) in [5, 5.41) is 38.8. The van der Waals surface area contributed by atoms with E-state index in [0.717, 1.165) is 11.1 Å². The molecule has 0 aromatic heterocycles. The van der Waals surface area contributed by atoms with E-state index in [1.165, 1.54) is 24.3 Å². The van der Waals surface area contributed by atoms with Crippen LogP contribution in [0.15, 0.2) is 145 Å². The molecule has 0 bridgehead atoms. The van der Waals surface area contributed by atoms with Gasteiger partial charge in [-0.1, -0.05) is 35.4 Å². The van der Waals surface area contributed by atoms with Gasteiger partial charge in [0.1, 0.15) is 53.7 Å². The molecular formula is C36H27F2N9O13S4. The molecule has 332 valence electrons. The van der Waals surface area contributed by atoms with Gasteiger partial charge in [-0.05, 0) is 67.8 Å². The van der Waals surface area contributed by atoms with Crippen LogP contribution in [0.4, 0.5) is 60.0 Å². The van der Waals surface area contributed by atoms with Gasteiger partial charge in [-0.25, -0.2) is 8.78 Å². The Hall–Kier alpha value is -6.92. The van der Waals surface area contributed by atoms with Crippen molar-refractivity contribution in [3.05, 3.63) is 108 Å². The molecule has 0 saturated carbocycles. The second kappa shape index (κ2) is 17.3.